The number of hydrogen-bond acceptors (Lipinski definition) is 7. The average molecular weight is 556 g/mol. The minimum Gasteiger partial charge on any atom is -0.312 e. The van der Waals surface area contributed by atoms with Gasteiger partial charge in [0.25, 0.3) is 15.9 Å². The molecule has 9 nitrogen and oxygen atoms in total. The predicted octanol–water partition coefficient (Wildman–Crippen LogP) is 4.39. The zero-order valence-electron chi connectivity index (χ0n) is 20.4. The van der Waals surface area contributed by atoms with Crippen molar-refractivity contribution in [3.63, 3.8) is 0 Å². The first-order valence-corrected chi connectivity index (χ1v) is 14.4. The molecule has 0 aliphatic carbocycles. The summed E-state index contributed by atoms with van der Waals surface area (Å²) in [6, 6.07) is 28.3. The summed E-state index contributed by atoms with van der Waals surface area (Å²) in [5.74, 6) is -0.586. The molecular formula is C28H21N5O4S2. The Morgan fingerprint density at radius 3 is 2.44 bits per heavy atom. The molecule has 1 N–H and O–H groups in total. The average Bonchev–Trinajstić information content (AvgIpc) is 3.52. The fourth-order valence-corrected chi connectivity index (χ4v) is 6.89. The van der Waals surface area contributed by atoms with Crippen molar-refractivity contribution in [2.24, 2.45) is 5.10 Å². The van der Waals surface area contributed by atoms with Crippen molar-refractivity contribution in [3.8, 4) is 0 Å². The van der Waals surface area contributed by atoms with Crippen LogP contribution >= 0.6 is 11.8 Å². The van der Waals surface area contributed by atoms with Crippen LogP contribution in [0.2, 0.25) is 0 Å². The van der Waals surface area contributed by atoms with Crippen LogP contribution in [0.1, 0.15) is 6.42 Å². The van der Waals surface area contributed by atoms with Crippen molar-refractivity contribution in [2.75, 3.05) is 10.8 Å². The van der Waals surface area contributed by atoms with E-state index in [9.17, 15) is 18.0 Å². The molecule has 0 bridgehead atoms. The van der Waals surface area contributed by atoms with Crippen molar-refractivity contribution in [1.29, 1.82) is 0 Å². The Bertz CT molecular complexity index is 1880. The lowest BCUT2D eigenvalue weighted by atomic mass is 10.1. The molecule has 11 heteroatoms. The van der Waals surface area contributed by atoms with Gasteiger partial charge in [-0.3, -0.25) is 9.59 Å². The first kappa shape index (κ1) is 24.8. The highest BCUT2D eigenvalue weighted by Crippen LogP contribution is 2.30. The van der Waals surface area contributed by atoms with Gasteiger partial charge in [0.15, 0.2) is 5.16 Å². The number of anilines is 1. The molecule has 0 saturated carbocycles. The number of nitrogens with zero attached hydrogens (tertiary/aromatic N) is 4. The van der Waals surface area contributed by atoms with Gasteiger partial charge in [0, 0.05) is 0 Å². The van der Waals surface area contributed by atoms with Crippen molar-refractivity contribution < 1.29 is 18.0 Å². The molecule has 6 rings (SSSR count). The molecule has 1 aliphatic rings. The van der Waals surface area contributed by atoms with Crippen LogP contribution in [0.4, 0.5) is 5.69 Å². The monoisotopic (exact) mass is 555 g/mol. The molecule has 0 atom stereocenters. The van der Waals surface area contributed by atoms with Crippen molar-refractivity contribution >= 4 is 66.9 Å². The summed E-state index contributed by atoms with van der Waals surface area (Å²) < 4.78 is 28.9. The number of amides is 2. The normalized spacial score (nSPS) is 13.7. The lowest BCUT2D eigenvalue weighted by Gasteiger charge is -2.11. The number of hydrazone groups is 1. The number of hydrogen-bond donors (Lipinski definition) is 1. The number of imidazole rings is 1. The highest BCUT2D eigenvalue weighted by molar-refractivity contribution is 8.00. The summed E-state index contributed by atoms with van der Waals surface area (Å²) in [6.07, 6.45) is -0.0415. The number of thioether (sulfide) groups is 1. The summed E-state index contributed by atoms with van der Waals surface area (Å²) in [5.41, 5.74) is 1.51. The molecule has 0 unspecified atom stereocenters. The van der Waals surface area contributed by atoms with Gasteiger partial charge in [-0.2, -0.15) is 10.1 Å². The Morgan fingerprint density at radius 1 is 0.897 bits per heavy atom. The van der Waals surface area contributed by atoms with Gasteiger partial charge >= 0.3 is 0 Å². The molecule has 0 fully saturated rings. The van der Waals surface area contributed by atoms with Crippen molar-refractivity contribution in [2.45, 2.75) is 16.5 Å². The highest BCUT2D eigenvalue weighted by atomic mass is 32.2. The molecule has 39 heavy (non-hydrogen) atoms. The van der Waals surface area contributed by atoms with Crippen LogP contribution in [0, 0.1) is 0 Å². The standard InChI is InChI=1S/C28H21N5O4S2/c34-26(30-25-17-27(35)32(31-25)21-10-2-1-3-11-21)18-38-28-29-23-12-6-7-13-24(23)33(28)39(36,37)22-15-14-19-8-4-5-9-20(19)16-22/h1-16H,17-18H2,(H,30,31,34). The summed E-state index contributed by atoms with van der Waals surface area (Å²) in [7, 11) is -4.03. The quantitative estimate of drug-likeness (QED) is 0.311. The van der Waals surface area contributed by atoms with Crippen LogP contribution in [-0.4, -0.2) is 40.8 Å². The topological polar surface area (TPSA) is 114 Å². The Balaban J connectivity index is 1.26. The van der Waals surface area contributed by atoms with E-state index < -0.39 is 15.9 Å². The molecule has 1 aromatic heterocycles. The molecule has 0 spiro atoms. The van der Waals surface area contributed by atoms with Gasteiger partial charge in [0.1, 0.15) is 5.84 Å². The molecule has 194 valence electrons. The Hall–Kier alpha value is -4.48. The number of carbonyl (C=O) groups is 2. The SMILES string of the molecule is O=C(CSc1nc2ccccc2n1S(=O)(=O)c1ccc2ccccc2c1)NC1=NN(c2ccccc2)C(=O)C1. The third-order valence-electron chi connectivity index (χ3n) is 6.14. The minimum absolute atomic E-state index is 0.0415. The van der Waals surface area contributed by atoms with E-state index in [4.69, 9.17) is 0 Å². The number of para-hydroxylation sites is 3. The first-order chi connectivity index (χ1) is 18.9. The molecule has 5 aromatic rings. The zero-order valence-corrected chi connectivity index (χ0v) is 22.0. The molecule has 2 amide bonds. The first-order valence-electron chi connectivity index (χ1n) is 12.0. The van der Waals surface area contributed by atoms with E-state index in [1.807, 2.05) is 30.3 Å². The summed E-state index contributed by atoms with van der Waals surface area (Å²) >= 11 is 0.995. The Kier molecular flexibility index (Phi) is 6.37. The second-order valence-electron chi connectivity index (χ2n) is 8.76. The lowest BCUT2D eigenvalue weighted by Crippen LogP contribution is -2.31. The van der Waals surface area contributed by atoms with E-state index in [2.05, 4.69) is 15.4 Å². The fourth-order valence-electron chi connectivity index (χ4n) is 4.34. The maximum atomic E-state index is 13.9. The number of rotatable bonds is 6. The lowest BCUT2D eigenvalue weighted by molar-refractivity contribution is -0.117. The van der Waals surface area contributed by atoms with Crippen LogP contribution in [-0.2, 0) is 19.6 Å². The van der Waals surface area contributed by atoms with Crippen molar-refractivity contribution in [1.82, 2.24) is 14.3 Å². The van der Waals surface area contributed by atoms with Gasteiger partial charge in [-0.15, -0.1) is 0 Å². The molecule has 2 heterocycles. The van der Waals surface area contributed by atoms with E-state index in [1.165, 1.54) is 8.98 Å². The molecule has 1 aliphatic heterocycles. The fraction of sp³-hybridized carbons (Fsp3) is 0.0714. The maximum absolute atomic E-state index is 13.9. The van der Waals surface area contributed by atoms with Crippen molar-refractivity contribution in [3.05, 3.63) is 97.1 Å². The highest BCUT2D eigenvalue weighted by Gasteiger charge is 2.28. The molecule has 0 saturated heterocycles. The van der Waals surface area contributed by atoms with Gasteiger partial charge < -0.3 is 5.32 Å². The smallest absolute Gasteiger partial charge is 0.270 e. The van der Waals surface area contributed by atoms with Gasteiger partial charge in [0.2, 0.25) is 5.91 Å². The van der Waals surface area contributed by atoms with Crippen LogP contribution in [0.15, 0.2) is 112 Å². The van der Waals surface area contributed by atoms with Gasteiger partial charge in [-0.1, -0.05) is 72.4 Å². The third kappa shape index (κ3) is 4.77. The molecular weight excluding hydrogens is 534 g/mol. The number of benzene rings is 4. The van der Waals surface area contributed by atoms with E-state index in [1.54, 1.807) is 66.7 Å². The van der Waals surface area contributed by atoms with Gasteiger partial charge in [-0.25, -0.2) is 17.4 Å². The van der Waals surface area contributed by atoms with Crippen LogP contribution in [0.25, 0.3) is 21.8 Å². The second kappa shape index (κ2) is 10.0. The van der Waals surface area contributed by atoms with E-state index in [0.717, 1.165) is 22.5 Å². The summed E-state index contributed by atoms with van der Waals surface area (Å²) in [5, 5.41) is 10.0. The Labute approximate surface area is 228 Å². The summed E-state index contributed by atoms with van der Waals surface area (Å²) in [4.78, 5) is 29.8. The number of carbonyl (C=O) groups excluding carboxylic acids is 2. The van der Waals surface area contributed by atoms with Crippen LogP contribution < -0.4 is 10.3 Å². The minimum atomic E-state index is -4.03. The number of amidine groups is 1. The predicted molar refractivity (Wildman–Crippen MR) is 151 cm³/mol. The summed E-state index contributed by atoms with van der Waals surface area (Å²) in [6.45, 7) is 0. The number of nitrogens with one attached hydrogen (secondary N) is 1. The van der Waals surface area contributed by atoms with Gasteiger partial charge in [0.05, 0.1) is 33.8 Å². The zero-order chi connectivity index (χ0) is 27.0. The van der Waals surface area contributed by atoms with E-state index >= 15 is 0 Å². The second-order valence-corrected chi connectivity index (χ2v) is 11.5. The number of aromatic nitrogens is 2. The Morgan fingerprint density at radius 2 is 1.62 bits per heavy atom. The maximum Gasteiger partial charge on any atom is 0.270 e. The number of fused-ring (bicyclic) bond motifs is 2. The van der Waals surface area contributed by atoms with E-state index in [0.29, 0.717) is 16.7 Å². The third-order valence-corrected chi connectivity index (χ3v) is 8.90. The van der Waals surface area contributed by atoms with Crippen LogP contribution in [0.5, 0.6) is 0 Å². The largest absolute Gasteiger partial charge is 0.312 e. The van der Waals surface area contributed by atoms with Gasteiger partial charge in [-0.05, 0) is 47.2 Å². The van der Waals surface area contributed by atoms with Crippen LogP contribution in [0.3, 0.4) is 0 Å². The van der Waals surface area contributed by atoms with E-state index in [-0.39, 0.29) is 34.0 Å². The molecule has 4 aromatic carbocycles. The molecule has 0 radical (unpaired) electrons.